The highest BCUT2D eigenvalue weighted by Gasteiger charge is 2.05. The van der Waals surface area contributed by atoms with Crippen LogP contribution in [0.5, 0.6) is 0 Å². The highest BCUT2D eigenvalue weighted by Crippen LogP contribution is 2.16. The molecule has 1 heterocycles. The summed E-state index contributed by atoms with van der Waals surface area (Å²) in [4.78, 5) is 31.2. The topological polar surface area (TPSA) is 72.0 Å². The van der Waals surface area contributed by atoms with Crippen molar-refractivity contribution in [1.82, 2.24) is 9.97 Å². The van der Waals surface area contributed by atoms with E-state index in [2.05, 4.69) is 15.3 Å². The van der Waals surface area contributed by atoms with E-state index in [1.165, 1.54) is 25.0 Å². The molecule has 0 radical (unpaired) electrons. The molecule has 0 aliphatic rings. The Morgan fingerprint density at radius 2 is 1.91 bits per heavy atom. The Balaban J connectivity index is 1.79. The molecule has 1 aromatic heterocycles. The zero-order valence-corrected chi connectivity index (χ0v) is 13.3. The third-order valence-corrected chi connectivity index (χ3v) is 3.86. The molecule has 2 rings (SSSR count). The van der Waals surface area contributed by atoms with Crippen LogP contribution in [0.3, 0.4) is 0 Å². The van der Waals surface area contributed by atoms with Gasteiger partial charge in [-0.2, -0.15) is 0 Å². The highest BCUT2D eigenvalue weighted by atomic mass is 32.2. The molecule has 5 nitrogen and oxygen atoms in total. The van der Waals surface area contributed by atoms with E-state index in [4.69, 9.17) is 0 Å². The fraction of sp³-hybridized carbons (Fsp3) is 0.250. The summed E-state index contributed by atoms with van der Waals surface area (Å²) in [6.07, 6.45) is 1.91. The lowest BCUT2D eigenvalue weighted by Gasteiger charge is -2.06. The molecule has 1 aromatic carbocycles. The number of thioether (sulfide) groups is 1. The number of Topliss-reactive ketones (excluding diaryl/α,β-unsaturated/α-hetero) is 1. The Morgan fingerprint density at radius 3 is 2.55 bits per heavy atom. The van der Waals surface area contributed by atoms with Crippen molar-refractivity contribution >= 4 is 29.1 Å². The van der Waals surface area contributed by atoms with Gasteiger partial charge >= 0.3 is 0 Å². The van der Waals surface area contributed by atoms with Gasteiger partial charge in [-0.15, -0.1) is 11.8 Å². The third-order valence-electron chi connectivity index (χ3n) is 2.93. The van der Waals surface area contributed by atoms with Gasteiger partial charge in [0.25, 0.3) is 0 Å². The van der Waals surface area contributed by atoms with Gasteiger partial charge in [-0.05, 0) is 44.2 Å². The number of nitrogens with zero attached hydrogens (tertiary/aromatic N) is 2. The maximum Gasteiger partial charge on any atom is 0.225 e. The first-order valence-corrected chi connectivity index (χ1v) is 7.85. The van der Waals surface area contributed by atoms with Crippen molar-refractivity contribution < 1.29 is 9.59 Å². The molecule has 0 spiro atoms. The van der Waals surface area contributed by atoms with E-state index >= 15 is 0 Å². The minimum absolute atomic E-state index is 0.00872. The molecule has 0 saturated carbocycles. The van der Waals surface area contributed by atoms with E-state index in [-0.39, 0.29) is 11.7 Å². The van der Waals surface area contributed by atoms with Crippen LogP contribution in [0.2, 0.25) is 0 Å². The van der Waals surface area contributed by atoms with Gasteiger partial charge in [0.15, 0.2) is 5.78 Å². The number of anilines is 1. The molecule has 1 amide bonds. The van der Waals surface area contributed by atoms with Gasteiger partial charge in [-0.1, -0.05) is 0 Å². The molecule has 6 heteroatoms. The van der Waals surface area contributed by atoms with E-state index in [9.17, 15) is 9.59 Å². The number of benzene rings is 1. The summed E-state index contributed by atoms with van der Waals surface area (Å²) >= 11 is 1.52. The fourth-order valence-electron chi connectivity index (χ4n) is 1.77. The van der Waals surface area contributed by atoms with Gasteiger partial charge in [0.1, 0.15) is 6.33 Å². The molecule has 0 atom stereocenters. The molecule has 0 aliphatic carbocycles. The van der Waals surface area contributed by atoms with Crippen LogP contribution in [0.15, 0.2) is 41.7 Å². The van der Waals surface area contributed by atoms with Crippen LogP contribution in [-0.2, 0) is 4.79 Å². The van der Waals surface area contributed by atoms with E-state index < -0.39 is 0 Å². The zero-order valence-electron chi connectivity index (χ0n) is 12.5. The number of rotatable bonds is 6. The van der Waals surface area contributed by atoms with Gasteiger partial charge < -0.3 is 5.32 Å². The zero-order chi connectivity index (χ0) is 15.9. The number of hydrogen-bond acceptors (Lipinski definition) is 5. The fourth-order valence-corrected chi connectivity index (χ4v) is 2.64. The minimum Gasteiger partial charge on any atom is -0.326 e. The summed E-state index contributed by atoms with van der Waals surface area (Å²) in [6.45, 7) is 3.42. The van der Waals surface area contributed by atoms with Gasteiger partial charge in [0.2, 0.25) is 5.91 Å². The second-order valence-electron chi connectivity index (χ2n) is 4.78. The average molecular weight is 315 g/mol. The maximum atomic E-state index is 11.9. The summed E-state index contributed by atoms with van der Waals surface area (Å²) in [5.74, 6) is 0.594. The Kier molecular flexibility index (Phi) is 5.66. The first kappa shape index (κ1) is 16.2. The summed E-state index contributed by atoms with van der Waals surface area (Å²) in [6, 6.07) is 8.76. The second kappa shape index (κ2) is 7.70. The number of nitrogens with one attached hydrogen (secondary N) is 1. The number of aromatic nitrogens is 2. The quantitative estimate of drug-likeness (QED) is 0.504. The van der Waals surface area contributed by atoms with Crippen molar-refractivity contribution in [3.05, 3.63) is 47.9 Å². The summed E-state index contributed by atoms with van der Waals surface area (Å²) in [7, 11) is 0. The second-order valence-corrected chi connectivity index (χ2v) is 5.89. The van der Waals surface area contributed by atoms with E-state index in [0.717, 1.165) is 10.7 Å². The highest BCUT2D eigenvalue weighted by molar-refractivity contribution is 7.99. The third kappa shape index (κ3) is 4.96. The minimum atomic E-state index is -0.0612. The van der Waals surface area contributed by atoms with Crippen LogP contribution in [0.25, 0.3) is 0 Å². The molecule has 0 unspecified atom stereocenters. The van der Waals surface area contributed by atoms with E-state index in [1.807, 2.05) is 13.0 Å². The number of aryl methyl sites for hydroxylation is 1. The van der Waals surface area contributed by atoms with Gasteiger partial charge in [-0.3, -0.25) is 9.59 Å². The maximum absolute atomic E-state index is 11.9. The van der Waals surface area contributed by atoms with Crippen LogP contribution < -0.4 is 5.32 Å². The Labute approximate surface area is 133 Å². The SMILES string of the molecule is CC(=O)c1ccc(NC(=O)CCSc2cc(C)ncn2)cc1. The Morgan fingerprint density at radius 1 is 1.18 bits per heavy atom. The number of carbonyl (C=O) groups is 2. The monoisotopic (exact) mass is 315 g/mol. The van der Waals surface area contributed by atoms with Crippen molar-refractivity contribution in [3.63, 3.8) is 0 Å². The van der Waals surface area contributed by atoms with E-state index in [0.29, 0.717) is 23.4 Å². The average Bonchev–Trinajstić information content (AvgIpc) is 2.48. The molecule has 114 valence electrons. The normalized spacial score (nSPS) is 10.3. The van der Waals surface area contributed by atoms with Crippen LogP contribution >= 0.6 is 11.8 Å². The van der Waals surface area contributed by atoms with Crippen molar-refractivity contribution in [2.45, 2.75) is 25.3 Å². The van der Waals surface area contributed by atoms with Gasteiger partial charge in [-0.25, -0.2) is 9.97 Å². The van der Waals surface area contributed by atoms with Crippen LogP contribution in [0.1, 0.15) is 29.4 Å². The number of amides is 1. The van der Waals surface area contributed by atoms with Crippen molar-refractivity contribution in [1.29, 1.82) is 0 Å². The lowest BCUT2D eigenvalue weighted by Crippen LogP contribution is -2.12. The van der Waals surface area contributed by atoms with Gasteiger partial charge in [0.05, 0.1) is 5.03 Å². The molecule has 22 heavy (non-hydrogen) atoms. The molecule has 2 aromatic rings. The first-order valence-electron chi connectivity index (χ1n) is 6.87. The van der Waals surface area contributed by atoms with Crippen molar-refractivity contribution in [3.8, 4) is 0 Å². The predicted molar refractivity (Wildman–Crippen MR) is 87.2 cm³/mol. The summed E-state index contributed by atoms with van der Waals surface area (Å²) in [5.41, 5.74) is 2.23. The predicted octanol–water partition coefficient (Wildman–Crippen LogP) is 3.11. The lowest BCUT2D eigenvalue weighted by molar-refractivity contribution is -0.115. The Hall–Kier alpha value is -2.21. The standard InChI is InChI=1S/C16H17N3O2S/c1-11-9-16(18-10-17-11)22-8-7-15(21)19-14-5-3-13(4-6-14)12(2)20/h3-6,9-10H,7-8H2,1-2H3,(H,19,21). The molecule has 0 bridgehead atoms. The van der Waals surface area contributed by atoms with Crippen molar-refractivity contribution in [2.75, 3.05) is 11.1 Å². The summed E-state index contributed by atoms with van der Waals surface area (Å²) in [5, 5.41) is 3.68. The number of carbonyl (C=O) groups excluding carboxylic acids is 2. The molecule has 0 fully saturated rings. The Bertz CT molecular complexity index is 671. The van der Waals surface area contributed by atoms with E-state index in [1.54, 1.807) is 24.3 Å². The molecular formula is C16H17N3O2S. The summed E-state index contributed by atoms with van der Waals surface area (Å²) < 4.78 is 0. The lowest BCUT2D eigenvalue weighted by atomic mass is 10.1. The molecule has 0 saturated heterocycles. The number of ketones is 1. The van der Waals surface area contributed by atoms with Gasteiger partial charge in [0, 0.05) is 29.1 Å². The van der Waals surface area contributed by atoms with Crippen LogP contribution in [0, 0.1) is 6.92 Å². The van der Waals surface area contributed by atoms with Crippen molar-refractivity contribution in [2.24, 2.45) is 0 Å². The number of hydrogen-bond donors (Lipinski definition) is 1. The smallest absolute Gasteiger partial charge is 0.225 e. The molecule has 1 N–H and O–H groups in total. The van der Waals surface area contributed by atoms with Crippen LogP contribution in [-0.4, -0.2) is 27.4 Å². The molecular weight excluding hydrogens is 298 g/mol. The first-order chi connectivity index (χ1) is 10.5. The van der Waals surface area contributed by atoms with Crippen LogP contribution in [0.4, 0.5) is 5.69 Å². The largest absolute Gasteiger partial charge is 0.326 e. The molecule has 0 aliphatic heterocycles.